The van der Waals surface area contributed by atoms with Crippen LogP contribution in [-0.4, -0.2) is 51.3 Å². The minimum Gasteiger partial charge on any atom is -0.346 e. The molecule has 0 saturated carbocycles. The second kappa shape index (κ2) is 5.41. The predicted molar refractivity (Wildman–Crippen MR) is 99.4 cm³/mol. The maximum atomic E-state index is 12.1. The summed E-state index contributed by atoms with van der Waals surface area (Å²) in [5.74, 6) is 0.0650. The molecule has 5 rings (SSSR count). The number of aromatic amines is 1. The fourth-order valence-corrected chi connectivity index (χ4v) is 5.39. The van der Waals surface area contributed by atoms with Crippen molar-refractivity contribution in [2.75, 3.05) is 18.8 Å². The number of rotatable bonds is 4. The topological polar surface area (TPSA) is 108 Å². The zero-order valence-corrected chi connectivity index (χ0v) is 15.6. The van der Waals surface area contributed by atoms with Gasteiger partial charge in [-0.2, -0.15) is 14.7 Å². The lowest BCUT2D eigenvalue weighted by Gasteiger charge is -2.47. The molecule has 1 saturated heterocycles. The summed E-state index contributed by atoms with van der Waals surface area (Å²) in [6, 6.07) is 4.17. The molecule has 0 aromatic carbocycles. The molecule has 9 heteroatoms. The lowest BCUT2D eigenvalue weighted by atomic mass is 9.89. The average molecular weight is 382 g/mol. The number of H-pyrrole nitrogens is 1. The fourth-order valence-electron chi connectivity index (χ4n) is 4.15. The summed E-state index contributed by atoms with van der Waals surface area (Å²) in [5, 5.41) is 15.2. The van der Waals surface area contributed by atoms with E-state index in [0.29, 0.717) is 0 Å². The van der Waals surface area contributed by atoms with E-state index in [1.54, 1.807) is 13.1 Å². The van der Waals surface area contributed by atoms with Crippen molar-refractivity contribution in [3.63, 3.8) is 0 Å². The van der Waals surface area contributed by atoms with Crippen LogP contribution in [0.15, 0.2) is 24.7 Å². The number of hydrogen-bond acceptors (Lipinski definition) is 5. The SMILES string of the molecule is CCS(=O)(=O)N1CC(CC#N)(n2cc3c(n2)-c2ccnc4[nH]cc(c24)C3)C1. The Labute approximate surface area is 156 Å². The molecule has 0 spiro atoms. The number of aromatic nitrogens is 4. The van der Waals surface area contributed by atoms with Crippen LogP contribution < -0.4 is 0 Å². The van der Waals surface area contributed by atoms with Crippen LogP contribution in [0.1, 0.15) is 24.5 Å². The summed E-state index contributed by atoms with van der Waals surface area (Å²) in [5.41, 5.74) is 4.43. The summed E-state index contributed by atoms with van der Waals surface area (Å²) in [6.45, 7) is 2.21. The van der Waals surface area contributed by atoms with E-state index < -0.39 is 15.6 Å². The fraction of sp³-hybridized carbons (Fsp3) is 0.389. The zero-order valence-electron chi connectivity index (χ0n) is 14.8. The molecular weight excluding hydrogens is 364 g/mol. The molecule has 3 aromatic rings. The van der Waals surface area contributed by atoms with Crippen molar-refractivity contribution in [3.05, 3.63) is 35.8 Å². The smallest absolute Gasteiger partial charge is 0.213 e. The first-order chi connectivity index (χ1) is 13.0. The third-order valence-corrected chi connectivity index (χ3v) is 7.45. The summed E-state index contributed by atoms with van der Waals surface area (Å²) < 4.78 is 27.6. The number of fused-ring (bicyclic) bond motifs is 2. The minimum atomic E-state index is -3.26. The molecule has 1 N–H and O–H groups in total. The Morgan fingerprint density at radius 1 is 1.37 bits per heavy atom. The van der Waals surface area contributed by atoms with Crippen molar-refractivity contribution >= 4 is 21.1 Å². The molecule has 1 fully saturated rings. The van der Waals surface area contributed by atoms with Gasteiger partial charge < -0.3 is 4.98 Å². The highest BCUT2D eigenvalue weighted by Crippen LogP contribution is 2.41. The monoisotopic (exact) mass is 382 g/mol. The van der Waals surface area contributed by atoms with Gasteiger partial charge in [-0.05, 0) is 18.6 Å². The Bertz CT molecular complexity index is 1210. The zero-order chi connectivity index (χ0) is 18.8. The Kier molecular flexibility index (Phi) is 3.30. The van der Waals surface area contributed by atoms with E-state index in [1.165, 1.54) is 9.87 Å². The van der Waals surface area contributed by atoms with Crippen molar-refractivity contribution in [1.29, 1.82) is 5.26 Å². The van der Waals surface area contributed by atoms with Gasteiger partial charge in [-0.3, -0.25) is 4.68 Å². The molecule has 8 nitrogen and oxygen atoms in total. The number of nitriles is 1. The molecule has 0 radical (unpaired) electrons. The highest BCUT2D eigenvalue weighted by Gasteiger charge is 2.50. The van der Waals surface area contributed by atoms with Crippen LogP contribution in [0.3, 0.4) is 0 Å². The van der Waals surface area contributed by atoms with E-state index in [0.717, 1.165) is 34.3 Å². The molecule has 0 amide bonds. The highest BCUT2D eigenvalue weighted by molar-refractivity contribution is 7.89. The number of nitrogens with zero attached hydrogens (tertiary/aromatic N) is 5. The maximum absolute atomic E-state index is 12.1. The first-order valence-corrected chi connectivity index (χ1v) is 10.5. The van der Waals surface area contributed by atoms with E-state index in [4.69, 9.17) is 5.10 Å². The number of hydrogen-bond donors (Lipinski definition) is 1. The normalized spacial score (nSPS) is 18.1. The standard InChI is InChI=1S/C18H18N6O2S/c1-2-27(25,26)23-10-18(11-23,4-5-19)24-9-13-7-12-8-21-17-15(12)14(3-6-20-17)16(13)22-24/h3,6,8-9H,2,4,7,10-11H2,1H3,(H,20,21). The van der Waals surface area contributed by atoms with Gasteiger partial charge in [0, 0.05) is 54.6 Å². The molecule has 2 aliphatic rings. The first kappa shape index (κ1) is 16.5. The quantitative estimate of drug-likeness (QED) is 0.577. The molecule has 27 heavy (non-hydrogen) atoms. The molecule has 1 aliphatic carbocycles. The van der Waals surface area contributed by atoms with Gasteiger partial charge in [-0.15, -0.1) is 0 Å². The Balaban J connectivity index is 1.57. The second-order valence-electron chi connectivity index (χ2n) is 7.25. The molecule has 0 atom stereocenters. The van der Waals surface area contributed by atoms with Crippen LogP contribution in [0.25, 0.3) is 22.3 Å². The predicted octanol–water partition coefficient (Wildman–Crippen LogP) is 1.60. The number of nitrogens with one attached hydrogen (secondary N) is 1. The Morgan fingerprint density at radius 3 is 2.93 bits per heavy atom. The van der Waals surface area contributed by atoms with E-state index in [-0.39, 0.29) is 25.3 Å². The van der Waals surface area contributed by atoms with Crippen LogP contribution in [-0.2, 0) is 22.0 Å². The van der Waals surface area contributed by atoms with Gasteiger partial charge in [0.05, 0.1) is 23.9 Å². The molecule has 138 valence electrons. The summed E-state index contributed by atoms with van der Waals surface area (Å²) in [4.78, 5) is 7.57. The molecule has 1 aliphatic heterocycles. The number of sulfonamides is 1. The third kappa shape index (κ3) is 2.20. The van der Waals surface area contributed by atoms with Gasteiger partial charge in [0.15, 0.2) is 0 Å². The van der Waals surface area contributed by atoms with Crippen molar-refractivity contribution in [2.24, 2.45) is 0 Å². The van der Waals surface area contributed by atoms with Crippen LogP contribution >= 0.6 is 0 Å². The van der Waals surface area contributed by atoms with Gasteiger partial charge in [0.2, 0.25) is 10.0 Å². The molecular formula is C18H18N6O2S. The molecule has 4 heterocycles. The highest BCUT2D eigenvalue weighted by atomic mass is 32.2. The van der Waals surface area contributed by atoms with Crippen LogP contribution in [0.2, 0.25) is 0 Å². The van der Waals surface area contributed by atoms with E-state index in [2.05, 4.69) is 16.0 Å². The molecule has 3 aromatic heterocycles. The van der Waals surface area contributed by atoms with E-state index in [9.17, 15) is 13.7 Å². The van der Waals surface area contributed by atoms with Crippen LogP contribution in [0.5, 0.6) is 0 Å². The summed E-state index contributed by atoms with van der Waals surface area (Å²) in [6.07, 6.45) is 6.68. The third-order valence-electron chi connectivity index (χ3n) is 5.67. The van der Waals surface area contributed by atoms with Gasteiger partial charge in [0.25, 0.3) is 0 Å². The Hall–Kier alpha value is -2.70. The number of pyridine rings is 1. The van der Waals surface area contributed by atoms with Crippen LogP contribution in [0, 0.1) is 11.3 Å². The van der Waals surface area contributed by atoms with Crippen molar-refractivity contribution in [2.45, 2.75) is 25.3 Å². The van der Waals surface area contributed by atoms with E-state index >= 15 is 0 Å². The van der Waals surface area contributed by atoms with Gasteiger partial charge >= 0.3 is 0 Å². The largest absolute Gasteiger partial charge is 0.346 e. The van der Waals surface area contributed by atoms with Crippen molar-refractivity contribution < 1.29 is 8.42 Å². The summed E-state index contributed by atoms with van der Waals surface area (Å²) >= 11 is 0. The lowest BCUT2D eigenvalue weighted by molar-refractivity contribution is 0.0720. The van der Waals surface area contributed by atoms with Gasteiger partial charge in [-0.25, -0.2) is 13.4 Å². The first-order valence-electron chi connectivity index (χ1n) is 8.86. The van der Waals surface area contributed by atoms with Gasteiger partial charge in [-0.1, -0.05) is 0 Å². The van der Waals surface area contributed by atoms with Crippen LogP contribution in [0.4, 0.5) is 0 Å². The molecule has 0 unspecified atom stereocenters. The average Bonchev–Trinajstić information content (AvgIpc) is 3.24. The van der Waals surface area contributed by atoms with Crippen molar-refractivity contribution in [1.82, 2.24) is 24.1 Å². The molecule has 0 bridgehead atoms. The minimum absolute atomic E-state index is 0.0650. The summed E-state index contributed by atoms with van der Waals surface area (Å²) in [7, 11) is -3.26. The maximum Gasteiger partial charge on any atom is 0.213 e. The second-order valence-corrected chi connectivity index (χ2v) is 9.51. The Morgan fingerprint density at radius 2 is 2.19 bits per heavy atom. The van der Waals surface area contributed by atoms with Crippen molar-refractivity contribution in [3.8, 4) is 17.3 Å². The van der Waals surface area contributed by atoms with E-state index in [1.807, 2.05) is 23.1 Å². The lowest BCUT2D eigenvalue weighted by Crippen LogP contribution is -2.64. The van der Waals surface area contributed by atoms with Gasteiger partial charge in [0.1, 0.15) is 11.2 Å².